The molecule has 2 heterocycles. The van der Waals surface area contributed by atoms with Crippen LogP contribution in [0, 0.1) is 0 Å². The number of halogens is 1. The summed E-state index contributed by atoms with van der Waals surface area (Å²) in [5.41, 5.74) is 4.97. The first kappa shape index (κ1) is 14.6. The second kappa shape index (κ2) is 7.09. The number of carbonyl (C=O) groups excluding carboxylic acids is 1. The van der Waals surface area contributed by atoms with Crippen LogP contribution in [0.25, 0.3) is 0 Å². The number of hydrogen-bond donors (Lipinski definition) is 3. The minimum Gasteiger partial charge on any atom is -0.352 e. The Bertz CT molecular complexity index is 464. The number of hydrogen-bond acceptors (Lipinski definition) is 6. The van der Waals surface area contributed by atoms with Crippen LogP contribution < -0.4 is 21.3 Å². The van der Waals surface area contributed by atoms with Crippen molar-refractivity contribution in [3.8, 4) is 0 Å². The van der Waals surface area contributed by atoms with Crippen LogP contribution in [0.5, 0.6) is 0 Å². The first-order chi connectivity index (χ1) is 9.65. The fraction of sp³-hybridized carbons (Fsp3) is 0.636. The van der Waals surface area contributed by atoms with Crippen LogP contribution in [-0.4, -0.2) is 47.2 Å². The first-order valence-corrected chi connectivity index (χ1v) is 6.96. The van der Waals surface area contributed by atoms with Gasteiger partial charge in [0.1, 0.15) is 0 Å². The Morgan fingerprint density at radius 3 is 2.65 bits per heavy atom. The van der Waals surface area contributed by atoms with Gasteiger partial charge in [-0.3, -0.25) is 0 Å². The number of anilines is 2. The maximum Gasteiger partial charge on any atom is 0.312 e. The molecule has 1 aliphatic heterocycles. The second-order valence-electron chi connectivity index (χ2n) is 4.49. The van der Waals surface area contributed by atoms with Crippen LogP contribution in [0.3, 0.4) is 0 Å². The number of nitrogens with zero attached hydrogens (tertiary/aromatic N) is 4. The molecule has 110 valence electrons. The van der Waals surface area contributed by atoms with Gasteiger partial charge in [-0.25, -0.2) is 4.79 Å². The van der Waals surface area contributed by atoms with Crippen LogP contribution in [0.15, 0.2) is 0 Å². The molecule has 1 aromatic heterocycles. The van der Waals surface area contributed by atoms with Crippen molar-refractivity contribution in [3.05, 3.63) is 5.28 Å². The number of primary amides is 1. The fourth-order valence-electron chi connectivity index (χ4n) is 2.01. The maximum atomic E-state index is 10.5. The van der Waals surface area contributed by atoms with Crippen LogP contribution in [0.4, 0.5) is 16.7 Å². The van der Waals surface area contributed by atoms with E-state index in [0.717, 1.165) is 25.9 Å². The molecule has 0 spiro atoms. The van der Waals surface area contributed by atoms with Gasteiger partial charge in [-0.2, -0.15) is 15.0 Å². The summed E-state index contributed by atoms with van der Waals surface area (Å²) in [5.74, 6) is 0.993. The molecule has 2 amide bonds. The zero-order valence-electron chi connectivity index (χ0n) is 11.1. The lowest BCUT2D eigenvalue weighted by atomic mass is 10.1. The zero-order chi connectivity index (χ0) is 14.4. The van der Waals surface area contributed by atoms with Gasteiger partial charge >= 0.3 is 6.03 Å². The number of amides is 2. The van der Waals surface area contributed by atoms with E-state index in [9.17, 15) is 4.79 Å². The number of aromatic nitrogens is 3. The predicted molar refractivity (Wildman–Crippen MR) is 77.0 cm³/mol. The van der Waals surface area contributed by atoms with Crippen molar-refractivity contribution >= 4 is 29.5 Å². The number of nitrogens with one attached hydrogen (secondary N) is 2. The van der Waals surface area contributed by atoms with Crippen molar-refractivity contribution in [2.75, 3.05) is 36.4 Å². The molecule has 1 aliphatic rings. The molecule has 0 radical (unpaired) electrons. The predicted octanol–water partition coefficient (Wildman–Crippen LogP) is 0.595. The van der Waals surface area contributed by atoms with E-state index in [0.29, 0.717) is 25.0 Å². The van der Waals surface area contributed by atoms with Gasteiger partial charge in [0.15, 0.2) is 0 Å². The van der Waals surface area contributed by atoms with E-state index >= 15 is 0 Å². The molecular formula is C11H18ClN7O. The van der Waals surface area contributed by atoms with E-state index in [2.05, 4.69) is 30.5 Å². The minimum atomic E-state index is -0.561. The van der Waals surface area contributed by atoms with E-state index in [4.69, 9.17) is 17.3 Å². The number of carbonyl (C=O) groups is 1. The zero-order valence-corrected chi connectivity index (χ0v) is 11.9. The molecule has 1 fully saturated rings. The molecule has 1 saturated heterocycles. The van der Waals surface area contributed by atoms with E-state index in [1.54, 1.807) is 0 Å². The number of nitrogens with two attached hydrogens (primary N) is 1. The quantitative estimate of drug-likeness (QED) is 0.687. The lowest BCUT2D eigenvalue weighted by molar-refractivity contribution is 0.249. The standard InChI is InChI=1S/C11H18ClN7O/c12-8-16-10(15-5-4-14-9(13)20)18-11(17-8)19-6-2-1-3-7-19/h1-7H2,(H3,13,14,20)(H,15,16,17,18). The van der Waals surface area contributed by atoms with Crippen LogP contribution >= 0.6 is 11.6 Å². The third-order valence-corrected chi connectivity index (χ3v) is 3.11. The van der Waals surface area contributed by atoms with Crippen molar-refractivity contribution < 1.29 is 4.79 Å². The molecule has 0 unspecified atom stereocenters. The number of rotatable bonds is 5. The monoisotopic (exact) mass is 299 g/mol. The van der Waals surface area contributed by atoms with Gasteiger partial charge in [0.05, 0.1) is 0 Å². The highest BCUT2D eigenvalue weighted by molar-refractivity contribution is 6.28. The summed E-state index contributed by atoms with van der Waals surface area (Å²) in [4.78, 5) is 25.1. The van der Waals surface area contributed by atoms with Crippen molar-refractivity contribution in [2.45, 2.75) is 19.3 Å². The molecule has 20 heavy (non-hydrogen) atoms. The smallest absolute Gasteiger partial charge is 0.312 e. The Morgan fingerprint density at radius 1 is 1.20 bits per heavy atom. The Kier molecular flexibility index (Phi) is 5.16. The van der Waals surface area contributed by atoms with Crippen molar-refractivity contribution in [1.82, 2.24) is 20.3 Å². The largest absolute Gasteiger partial charge is 0.352 e. The van der Waals surface area contributed by atoms with Gasteiger partial charge in [0.2, 0.25) is 17.2 Å². The summed E-state index contributed by atoms with van der Waals surface area (Å²) in [6.07, 6.45) is 3.50. The van der Waals surface area contributed by atoms with E-state index in [-0.39, 0.29) is 5.28 Å². The normalized spacial score (nSPS) is 14.9. The van der Waals surface area contributed by atoms with Crippen molar-refractivity contribution in [3.63, 3.8) is 0 Å². The van der Waals surface area contributed by atoms with Gasteiger partial charge in [-0.05, 0) is 30.9 Å². The number of piperidine rings is 1. The molecule has 2 rings (SSSR count). The van der Waals surface area contributed by atoms with Gasteiger partial charge in [0.25, 0.3) is 0 Å². The van der Waals surface area contributed by atoms with Gasteiger partial charge in [-0.1, -0.05) is 0 Å². The molecule has 9 heteroatoms. The van der Waals surface area contributed by atoms with Gasteiger partial charge in [0, 0.05) is 26.2 Å². The maximum absolute atomic E-state index is 10.5. The van der Waals surface area contributed by atoms with Crippen molar-refractivity contribution in [1.29, 1.82) is 0 Å². The second-order valence-corrected chi connectivity index (χ2v) is 4.83. The lowest BCUT2D eigenvalue weighted by Crippen LogP contribution is -2.33. The molecule has 0 saturated carbocycles. The summed E-state index contributed by atoms with van der Waals surface area (Å²) in [6, 6.07) is -0.561. The summed E-state index contributed by atoms with van der Waals surface area (Å²) in [5, 5.41) is 5.61. The van der Waals surface area contributed by atoms with E-state index < -0.39 is 6.03 Å². The Balaban J connectivity index is 1.95. The first-order valence-electron chi connectivity index (χ1n) is 6.59. The molecule has 0 aliphatic carbocycles. The van der Waals surface area contributed by atoms with Crippen molar-refractivity contribution in [2.24, 2.45) is 5.73 Å². The molecule has 0 bridgehead atoms. The highest BCUT2D eigenvalue weighted by atomic mass is 35.5. The van der Waals surface area contributed by atoms with Gasteiger partial charge in [-0.15, -0.1) is 0 Å². The highest BCUT2D eigenvalue weighted by Gasteiger charge is 2.15. The third kappa shape index (κ3) is 4.37. The Hall–Kier alpha value is -1.83. The van der Waals surface area contributed by atoms with Crippen LogP contribution in [-0.2, 0) is 0 Å². The summed E-state index contributed by atoms with van der Waals surface area (Å²) < 4.78 is 0. The average molecular weight is 300 g/mol. The minimum absolute atomic E-state index is 0.158. The lowest BCUT2D eigenvalue weighted by Gasteiger charge is -2.26. The Labute approximate surface area is 122 Å². The fourth-order valence-corrected chi connectivity index (χ4v) is 2.17. The SMILES string of the molecule is NC(=O)NCCNc1nc(Cl)nc(N2CCCCC2)n1. The average Bonchev–Trinajstić information content (AvgIpc) is 2.44. The molecule has 4 N–H and O–H groups in total. The summed E-state index contributed by atoms with van der Waals surface area (Å²) >= 11 is 5.91. The van der Waals surface area contributed by atoms with Crippen LogP contribution in [0.1, 0.15) is 19.3 Å². The molecule has 0 atom stereocenters. The molecule has 1 aromatic rings. The molecular weight excluding hydrogens is 282 g/mol. The summed E-state index contributed by atoms with van der Waals surface area (Å²) in [6.45, 7) is 2.71. The molecule has 0 aromatic carbocycles. The highest BCUT2D eigenvalue weighted by Crippen LogP contribution is 2.18. The molecule has 8 nitrogen and oxygen atoms in total. The summed E-state index contributed by atoms with van der Waals surface area (Å²) in [7, 11) is 0. The number of urea groups is 1. The van der Waals surface area contributed by atoms with E-state index in [1.807, 2.05) is 0 Å². The van der Waals surface area contributed by atoms with Gasteiger partial charge < -0.3 is 21.3 Å². The topological polar surface area (TPSA) is 109 Å². The third-order valence-electron chi connectivity index (χ3n) is 2.94. The van der Waals surface area contributed by atoms with Crippen LogP contribution in [0.2, 0.25) is 5.28 Å². The van der Waals surface area contributed by atoms with E-state index in [1.165, 1.54) is 6.42 Å². The Morgan fingerprint density at radius 2 is 1.95 bits per heavy atom.